The van der Waals surface area contributed by atoms with Crippen molar-refractivity contribution in [3.05, 3.63) is 59.4 Å². The first-order valence-electron chi connectivity index (χ1n) is 8.66. The fourth-order valence-electron chi connectivity index (χ4n) is 2.41. The smallest absolute Gasteiger partial charge is 0.387 e. The summed E-state index contributed by atoms with van der Waals surface area (Å²) in [7, 11) is 1.59. The molecule has 0 radical (unpaired) electrons. The van der Waals surface area contributed by atoms with Crippen molar-refractivity contribution in [1.82, 2.24) is 20.9 Å². The number of nitrogens with zero attached hydrogens (tertiary/aromatic N) is 2. The van der Waals surface area contributed by atoms with Crippen molar-refractivity contribution < 1.29 is 18.3 Å². The highest BCUT2D eigenvalue weighted by Gasteiger charge is 2.10. The molecule has 0 spiro atoms. The Bertz CT molecular complexity index is 800. The summed E-state index contributed by atoms with van der Waals surface area (Å²) < 4.78 is 29.6. The number of halogens is 2. The van der Waals surface area contributed by atoms with E-state index in [0.29, 0.717) is 30.2 Å². The maximum absolute atomic E-state index is 12.5. The number of amides is 1. The molecule has 3 N–H and O–H groups in total. The third-order valence-corrected chi connectivity index (χ3v) is 3.73. The molecule has 0 fully saturated rings. The zero-order valence-electron chi connectivity index (χ0n) is 15.7. The van der Waals surface area contributed by atoms with Gasteiger partial charge in [0, 0.05) is 44.6 Å². The Morgan fingerprint density at radius 2 is 2.00 bits per heavy atom. The van der Waals surface area contributed by atoms with Crippen LogP contribution >= 0.6 is 0 Å². The molecule has 0 saturated carbocycles. The quantitative estimate of drug-likeness (QED) is 0.364. The van der Waals surface area contributed by atoms with Gasteiger partial charge in [0.25, 0.3) is 5.91 Å². The first kappa shape index (κ1) is 21.1. The van der Waals surface area contributed by atoms with Gasteiger partial charge in [-0.2, -0.15) is 8.78 Å². The van der Waals surface area contributed by atoms with Crippen LogP contribution in [0.5, 0.6) is 5.75 Å². The van der Waals surface area contributed by atoms with Crippen LogP contribution in [0.25, 0.3) is 0 Å². The number of carbonyl (C=O) groups excluding carboxylic acids is 1. The van der Waals surface area contributed by atoms with Gasteiger partial charge in [-0.25, -0.2) is 0 Å². The molecule has 7 nitrogen and oxygen atoms in total. The van der Waals surface area contributed by atoms with E-state index in [-0.39, 0.29) is 18.2 Å². The summed E-state index contributed by atoms with van der Waals surface area (Å²) in [6.07, 6.45) is 3.09. The lowest BCUT2D eigenvalue weighted by Crippen LogP contribution is -2.41. The maximum atomic E-state index is 12.5. The number of hydrogen-bond acceptors (Lipinski definition) is 4. The Morgan fingerprint density at radius 1 is 1.21 bits per heavy atom. The second kappa shape index (κ2) is 10.8. The highest BCUT2D eigenvalue weighted by atomic mass is 19.3. The number of aromatic nitrogens is 1. The van der Waals surface area contributed by atoms with Crippen LogP contribution in [0, 0.1) is 6.92 Å². The number of carbonyl (C=O) groups is 1. The molecule has 1 heterocycles. The topological polar surface area (TPSA) is 87.6 Å². The number of aliphatic imine (C=N–C) groups is 1. The Hall–Kier alpha value is -3.23. The van der Waals surface area contributed by atoms with E-state index in [2.05, 4.69) is 30.7 Å². The van der Waals surface area contributed by atoms with E-state index in [9.17, 15) is 13.6 Å². The highest BCUT2D eigenvalue weighted by molar-refractivity contribution is 5.93. The molecule has 0 bridgehead atoms. The lowest BCUT2D eigenvalue weighted by atomic mass is 10.1. The van der Waals surface area contributed by atoms with Crippen molar-refractivity contribution in [1.29, 1.82) is 0 Å². The fraction of sp³-hybridized carbons (Fsp3) is 0.316. The van der Waals surface area contributed by atoms with Gasteiger partial charge < -0.3 is 20.7 Å². The minimum atomic E-state index is -2.89. The van der Waals surface area contributed by atoms with Crippen molar-refractivity contribution >= 4 is 11.9 Å². The molecular formula is C19H23F2N5O2. The molecule has 150 valence electrons. The Balaban J connectivity index is 1.80. The summed E-state index contributed by atoms with van der Waals surface area (Å²) in [4.78, 5) is 19.9. The SMILES string of the molecule is CN=C(NCCNC(=O)c1cccnc1)NCc1cc(C)ccc1OC(F)F. The van der Waals surface area contributed by atoms with Crippen molar-refractivity contribution in [2.24, 2.45) is 4.99 Å². The predicted molar refractivity (Wildman–Crippen MR) is 103 cm³/mol. The van der Waals surface area contributed by atoms with Gasteiger partial charge in [0.1, 0.15) is 5.75 Å². The van der Waals surface area contributed by atoms with E-state index in [1.165, 1.54) is 12.3 Å². The van der Waals surface area contributed by atoms with Crippen LogP contribution in [0.3, 0.4) is 0 Å². The second-order valence-electron chi connectivity index (χ2n) is 5.84. The first-order valence-corrected chi connectivity index (χ1v) is 8.66. The fourth-order valence-corrected chi connectivity index (χ4v) is 2.41. The van der Waals surface area contributed by atoms with Crippen LogP contribution in [0.15, 0.2) is 47.7 Å². The van der Waals surface area contributed by atoms with Gasteiger partial charge in [0.2, 0.25) is 0 Å². The maximum Gasteiger partial charge on any atom is 0.387 e. The summed E-state index contributed by atoms with van der Waals surface area (Å²) in [5.74, 6) is 0.374. The molecule has 0 aliphatic rings. The number of hydrogen-bond donors (Lipinski definition) is 3. The Labute approximate surface area is 162 Å². The number of aryl methyl sites for hydroxylation is 1. The third kappa shape index (κ3) is 6.82. The van der Waals surface area contributed by atoms with Crippen LogP contribution in [-0.4, -0.2) is 43.6 Å². The zero-order valence-corrected chi connectivity index (χ0v) is 15.7. The van der Waals surface area contributed by atoms with Crippen LogP contribution in [0.1, 0.15) is 21.5 Å². The summed E-state index contributed by atoms with van der Waals surface area (Å²) in [5, 5.41) is 8.84. The second-order valence-corrected chi connectivity index (χ2v) is 5.84. The molecule has 2 rings (SSSR count). The number of benzene rings is 1. The number of pyridine rings is 1. The van der Waals surface area contributed by atoms with E-state index >= 15 is 0 Å². The van der Waals surface area contributed by atoms with Crippen molar-refractivity contribution in [2.45, 2.75) is 20.1 Å². The molecule has 0 unspecified atom stereocenters. The van der Waals surface area contributed by atoms with Crippen LogP contribution in [-0.2, 0) is 6.54 Å². The Morgan fingerprint density at radius 3 is 2.68 bits per heavy atom. The monoisotopic (exact) mass is 391 g/mol. The van der Waals surface area contributed by atoms with Crippen LogP contribution in [0.4, 0.5) is 8.78 Å². The largest absolute Gasteiger partial charge is 0.434 e. The van der Waals surface area contributed by atoms with Gasteiger partial charge in [-0.3, -0.25) is 14.8 Å². The number of rotatable bonds is 8. The average Bonchev–Trinajstić information content (AvgIpc) is 2.69. The number of guanidine groups is 1. The molecule has 0 atom stereocenters. The lowest BCUT2D eigenvalue weighted by Gasteiger charge is -2.15. The summed E-state index contributed by atoms with van der Waals surface area (Å²) in [6.45, 7) is 0.0414. The van der Waals surface area contributed by atoms with Crippen LogP contribution in [0.2, 0.25) is 0 Å². The molecule has 0 saturated heterocycles. The van der Waals surface area contributed by atoms with Gasteiger partial charge in [0.05, 0.1) is 5.56 Å². The minimum absolute atomic E-state index is 0.118. The standard InChI is InChI=1S/C19H23F2N5O2/c1-13-5-6-16(28-18(20)21)15(10-13)12-26-19(22-2)25-9-8-24-17(27)14-4-3-7-23-11-14/h3-7,10-11,18H,8-9,12H2,1-2H3,(H,24,27)(H2,22,25,26). The molecule has 1 amide bonds. The molecule has 9 heteroatoms. The van der Waals surface area contributed by atoms with Crippen molar-refractivity contribution in [3.63, 3.8) is 0 Å². The number of alkyl halides is 2. The van der Waals surface area contributed by atoms with Gasteiger partial charge >= 0.3 is 6.61 Å². The van der Waals surface area contributed by atoms with Gasteiger partial charge in [-0.1, -0.05) is 17.7 Å². The zero-order chi connectivity index (χ0) is 20.4. The summed E-state index contributed by atoms with van der Waals surface area (Å²) in [6, 6.07) is 8.36. The Kier molecular flexibility index (Phi) is 8.13. The van der Waals surface area contributed by atoms with Gasteiger partial charge in [-0.15, -0.1) is 0 Å². The normalized spacial score (nSPS) is 11.2. The summed E-state index contributed by atoms with van der Waals surface area (Å²) >= 11 is 0. The van der Waals surface area contributed by atoms with Gasteiger partial charge in [0.15, 0.2) is 5.96 Å². The highest BCUT2D eigenvalue weighted by Crippen LogP contribution is 2.21. The van der Waals surface area contributed by atoms with Crippen LogP contribution < -0.4 is 20.7 Å². The minimum Gasteiger partial charge on any atom is -0.434 e. The van der Waals surface area contributed by atoms with Crippen molar-refractivity contribution in [3.8, 4) is 5.75 Å². The number of nitrogens with one attached hydrogen (secondary N) is 3. The van der Waals surface area contributed by atoms with E-state index in [0.717, 1.165) is 5.56 Å². The van der Waals surface area contributed by atoms with E-state index < -0.39 is 6.61 Å². The molecule has 1 aromatic carbocycles. The van der Waals surface area contributed by atoms with Crippen molar-refractivity contribution in [2.75, 3.05) is 20.1 Å². The predicted octanol–water partition coefficient (Wildman–Crippen LogP) is 2.09. The molecule has 0 aliphatic heterocycles. The summed E-state index contributed by atoms with van der Waals surface area (Å²) in [5.41, 5.74) is 2.00. The molecule has 0 aliphatic carbocycles. The lowest BCUT2D eigenvalue weighted by molar-refractivity contribution is -0.0504. The third-order valence-electron chi connectivity index (χ3n) is 3.73. The molecule has 1 aromatic heterocycles. The number of ether oxygens (including phenoxy) is 1. The molecule has 2 aromatic rings. The van der Waals surface area contributed by atoms with E-state index in [4.69, 9.17) is 0 Å². The van der Waals surface area contributed by atoms with E-state index in [1.807, 2.05) is 6.92 Å². The molecule has 28 heavy (non-hydrogen) atoms. The van der Waals surface area contributed by atoms with E-state index in [1.54, 1.807) is 37.5 Å². The van der Waals surface area contributed by atoms with Gasteiger partial charge in [-0.05, 0) is 25.1 Å². The average molecular weight is 391 g/mol. The molecular weight excluding hydrogens is 368 g/mol. The first-order chi connectivity index (χ1) is 13.5.